The van der Waals surface area contributed by atoms with Crippen LogP contribution >= 0.6 is 0 Å². The van der Waals surface area contributed by atoms with Crippen LogP contribution in [0, 0.1) is 23.1 Å². The van der Waals surface area contributed by atoms with Crippen molar-refractivity contribution in [3.8, 4) is 11.1 Å². The van der Waals surface area contributed by atoms with Crippen molar-refractivity contribution in [2.45, 2.75) is 13.8 Å². The normalized spacial score (nSPS) is 12.0. The van der Waals surface area contributed by atoms with E-state index in [9.17, 15) is 14.1 Å². The Balaban J connectivity index is 1.97. The number of nitroso groups, excluding NO2 is 1. The van der Waals surface area contributed by atoms with E-state index in [0.29, 0.717) is 28.2 Å². The molecule has 2 aromatic rings. The van der Waals surface area contributed by atoms with Gasteiger partial charge in [0.05, 0.1) is 10.8 Å². The van der Waals surface area contributed by atoms with Gasteiger partial charge in [-0.15, -0.1) is 4.91 Å². The fourth-order valence-corrected chi connectivity index (χ4v) is 2.51. The third-order valence-corrected chi connectivity index (χ3v) is 3.76. The van der Waals surface area contributed by atoms with Crippen LogP contribution in [0.4, 0.5) is 15.9 Å². The van der Waals surface area contributed by atoms with Crippen LogP contribution in [0.15, 0.2) is 41.8 Å². The molecule has 2 N–H and O–H groups in total. The first kappa shape index (κ1) is 16.4. The summed E-state index contributed by atoms with van der Waals surface area (Å²) in [7, 11) is 0. The molecule has 0 saturated heterocycles. The molecule has 1 aromatic carbocycles. The number of allylic oxidation sites excluding steroid dienone is 1. The lowest BCUT2D eigenvalue weighted by atomic mass is 9.98. The maximum atomic E-state index is 14.2. The SMILES string of the molecule is C/C=C\C(=N)NC(=O)c1cc(-c2cnc3c(c2)N3N=O)c(C)cc1F. The van der Waals surface area contributed by atoms with Gasteiger partial charge in [-0.3, -0.25) is 10.2 Å². The molecule has 0 aliphatic carbocycles. The van der Waals surface area contributed by atoms with Gasteiger partial charge in [-0.25, -0.2) is 9.37 Å². The summed E-state index contributed by atoms with van der Waals surface area (Å²) in [4.78, 5) is 26.9. The van der Waals surface area contributed by atoms with Crippen molar-refractivity contribution in [1.82, 2.24) is 10.3 Å². The lowest BCUT2D eigenvalue weighted by Gasteiger charge is -2.10. The number of nitrogens with one attached hydrogen (secondary N) is 2. The van der Waals surface area contributed by atoms with Crippen LogP contribution in [-0.4, -0.2) is 16.7 Å². The zero-order valence-corrected chi connectivity index (χ0v) is 13.5. The van der Waals surface area contributed by atoms with Crippen LogP contribution in [0.25, 0.3) is 11.1 Å². The van der Waals surface area contributed by atoms with Crippen molar-refractivity contribution in [1.29, 1.82) is 5.41 Å². The zero-order valence-electron chi connectivity index (χ0n) is 13.5. The lowest BCUT2D eigenvalue weighted by Crippen LogP contribution is -2.29. The summed E-state index contributed by atoms with van der Waals surface area (Å²) in [5.74, 6) is -1.04. The quantitative estimate of drug-likeness (QED) is 0.385. The van der Waals surface area contributed by atoms with Crippen molar-refractivity contribution >= 4 is 23.2 Å². The van der Waals surface area contributed by atoms with Crippen LogP contribution in [0.3, 0.4) is 0 Å². The minimum absolute atomic E-state index is 0.132. The highest BCUT2D eigenvalue weighted by Crippen LogP contribution is 2.47. The van der Waals surface area contributed by atoms with Crippen LogP contribution < -0.4 is 10.3 Å². The highest BCUT2D eigenvalue weighted by Gasteiger charge is 2.33. The number of nitrogens with zero attached hydrogens (tertiary/aromatic N) is 3. The molecule has 0 radical (unpaired) electrons. The standard InChI is InChI=1S/C17H14FN5O2/c1-3-4-15(19)21-17(24)12-7-11(9(2)5-13(12)18)10-6-14-16(20-8-10)23(14)22-25/h3-8H,1-2H3,(H2,19,21,24)/b4-3-. The largest absolute Gasteiger partial charge is 0.307 e. The summed E-state index contributed by atoms with van der Waals surface area (Å²) in [5.41, 5.74) is 2.27. The van der Waals surface area contributed by atoms with Gasteiger partial charge >= 0.3 is 0 Å². The number of hydrogen-bond acceptors (Lipinski definition) is 5. The number of amides is 1. The van der Waals surface area contributed by atoms with Gasteiger partial charge in [-0.05, 0) is 49.2 Å². The van der Waals surface area contributed by atoms with E-state index in [2.05, 4.69) is 15.6 Å². The summed E-state index contributed by atoms with van der Waals surface area (Å²) in [6.07, 6.45) is 4.52. The molecule has 0 atom stereocenters. The van der Waals surface area contributed by atoms with E-state index < -0.39 is 11.7 Å². The molecule has 126 valence electrons. The number of benzene rings is 1. The van der Waals surface area contributed by atoms with E-state index in [1.54, 1.807) is 26.0 Å². The Hall–Kier alpha value is -3.42. The first-order chi connectivity index (χ1) is 12.0. The smallest absolute Gasteiger partial charge is 0.259 e. The average Bonchev–Trinajstić information content (AvgIpc) is 3.27. The Morgan fingerprint density at radius 3 is 2.84 bits per heavy atom. The average molecular weight is 339 g/mol. The Morgan fingerprint density at radius 2 is 2.16 bits per heavy atom. The molecule has 7 nitrogen and oxygen atoms in total. The summed E-state index contributed by atoms with van der Waals surface area (Å²) in [6.45, 7) is 3.42. The number of carbonyl (C=O) groups is 1. The molecule has 0 fully saturated rings. The van der Waals surface area contributed by atoms with E-state index in [4.69, 9.17) is 5.41 Å². The molecule has 1 amide bonds. The van der Waals surface area contributed by atoms with Gasteiger partial charge in [-0.2, -0.15) is 5.01 Å². The van der Waals surface area contributed by atoms with Crippen molar-refractivity contribution in [3.05, 3.63) is 58.4 Å². The van der Waals surface area contributed by atoms with Crippen LogP contribution in [0.2, 0.25) is 0 Å². The second-order valence-electron chi connectivity index (χ2n) is 5.47. The minimum Gasteiger partial charge on any atom is -0.307 e. The number of hydrogen-bond donors (Lipinski definition) is 2. The molecule has 0 bridgehead atoms. The minimum atomic E-state index is -0.710. The van der Waals surface area contributed by atoms with Gasteiger partial charge in [0.2, 0.25) is 0 Å². The summed E-state index contributed by atoms with van der Waals surface area (Å²) in [5, 5.41) is 13.8. The number of aromatic nitrogens is 1. The number of anilines is 2. The first-order valence-electron chi connectivity index (χ1n) is 7.42. The molecule has 0 unspecified atom stereocenters. The molecule has 0 saturated carbocycles. The van der Waals surface area contributed by atoms with Gasteiger partial charge in [0.25, 0.3) is 5.91 Å². The number of rotatable bonds is 4. The van der Waals surface area contributed by atoms with Crippen LogP contribution in [0.5, 0.6) is 0 Å². The van der Waals surface area contributed by atoms with Gasteiger partial charge < -0.3 is 5.32 Å². The van der Waals surface area contributed by atoms with Gasteiger partial charge in [0, 0.05) is 11.8 Å². The maximum Gasteiger partial charge on any atom is 0.259 e. The fraction of sp³-hybridized carbons (Fsp3) is 0.118. The maximum absolute atomic E-state index is 14.2. The van der Waals surface area contributed by atoms with Crippen molar-refractivity contribution in [2.24, 2.45) is 5.29 Å². The molecule has 3 rings (SSSR count). The number of aryl methyl sites for hydroxylation is 1. The molecule has 2 heterocycles. The predicted molar refractivity (Wildman–Crippen MR) is 92.3 cm³/mol. The Labute approximate surface area is 142 Å². The van der Waals surface area contributed by atoms with E-state index in [0.717, 1.165) is 5.01 Å². The Kier molecular flexibility index (Phi) is 4.10. The number of halogens is 1. The monoisotopic (exact) mass is 339 g/mol. The molecule has 1 aromatic heterocycles. The summed E-state index contributed by atoms with van der Waals surface area (Å²) >= 11 is 0. The number of pyridine rings is 1. The highest BCUT2D eigenvalue weighted by molar-refractivity contribution is 6.09. The third kappa shape index (κ3) is 3.01. The second-order valence-corrected chi connectivity index (χ2v) is 5.47. The van der Waals surface area contributed by atoms with Gasteiger partial charge in [0.15, 0.2) is 5.82 Å². The van der Waals surface area contributed by atoms with Crippen molar-refractivity contribution in [3.63, 3.8) is 0 Å². The van der Waals surface area contributed by atoms with E-state index in [1.807, 2.05) is 0 Å². The molecule has 25 heavy (non-hydrogen) atoms. The molecular weight excluding hydrogens is 325 g/mol. The fourth-order valence-electron chi connectivity index (χ4n) is 2.51. The predicted octanol–water partition coefficient (Wildman–Crippen LogP) is 3.61. The van der Waals surface area contributed by atoms with Gasteiger partial charge in [-0.1, -0.05) is 6.08 Å². The topological polar surface area (TPSA) is 98.3 Å². The first-order valence-corrected chi connectivity index (χ1v) is 7.42. The summed E-state index contributed by atoms with van der Waals surface area (Å²) in [6, 6.07) is 4.37. The molecular formula is C17H14FN5O2. The number of amidine groups is 1. The Bertz CT molecular complexity index is 939. The van der Waals surface area contributed by atoms with E-state index in [1.165, 1.54) is 24.4 Å². The Morgan fingerprint density at radius 1 is 1.40 bits per heavy atom. The highest BCUT2D eigenvalue weighted by atomic mass is 19.1. The van der Waals surface area contributed by atoms with E-state index in [-0.39, 0.29) is 11.4 Å². The number of fused-ring (bicyclic) bond motifs is 1. The number of carbonyl (C=O) groups excluding carboxylic acids is 1. The van der Waals surface area contributed by atoms with Gasteiger partial charge in [0.1, 0.15) is 17.3 Å². The third-order valence-electron chi connectivity index (χ3n) is 3.76. The molecule has 1 aliphatic heterocycles. The molecule has 1 aliphatic rings. The molecule has 0 spiro atoms. The van der Waals surface area contributed by atoms with Crippen LogP contribution in [-0.2, 0) is 0 Å². The second kappa shape index (κ2) is 6.23. The van der Waals surface area contributed by atoms with Crippen molar-refractivity contribution in [2.75, 3.05) is 5.01 Å². The summed E-state index contributed by atoms with van der Waals surface area (Å²) < 4.78 is 14.2. The lowest BCUT2D eigenvalue weighted by molar-refractivity contribution is 0.0973. The van der Waals surface area contributed by atoms with Crippen molar-refractivity contribution < 1.29 is 9.18 Å². The van der Waals surface area contributed by atoms with E-state index >= 15 is 0 Å². The molecule has 8 heteroatoms. The zero-order chi connectivity index (χ0) is 18.1. The van der Waals surface area contributed by atoms with Crippen LogP contribution in [0.1, 0.15) is 22.8 Å².